The van der Waals surface area contributed by atoms with Gasteiger partial charge in [-0.3, -0.25) is 0 Å². The van der Waals surface area contributed by atoms with Crippen LogP contribution in [0.15, 0.2) is 46.7 Å². The van der Waals surface area contributed by atoms with Crippen molar-refractivity contribution in [2.24, 2.45) is 10.3 Å². The highest BCUT2D eigenvalue weighted by Gasteiger charge is 2.05. The number of hydrogen-bond acceptors (Lipinski definition) is 8. The number of hydrogen-bond donors (Lipinski definition) is 2. The van der Waals surface area contributed by atoms with Gasteiger partial charge in [0.15, 0.2) is 23.0 Å². The molecule has 162 valence electrons. The minimum absolute atomic E-state index is 0.0385. The van der Waals surface area contributed by atoms with Crippen LogP contribution in [0.1, 0.15) is 36.8 Å². The molecule has 2 N–H and O–H groups in total. The minimum Gasteiger partial charge on any atom is -0.504 e. The fourth-order valence-corrected chi connectivity index (χ4v) is 2.60. The van der Waals surface area contributed by atoms with E-state index in [9.17, 15) is 10.2 Å². The number of nitrogens with zero attached hydrogens (tertiary/aromatic N) is 2. The van der Waals surface area contributed by atoms with E-state index < -0.39 is 0 Å². The van der Waals surface area contributed by atoms with Crippen LogP contribution in [-0.4, -0.2) is 50.1 Å². The van der Waals surface area contributed by atoms with Gasteiger partial charge in [-0.05, 0) is 49.9 Å². The van der Waals surface area contributed by atoms with Crippen LogP contribution >= 0.6 is 0 Å². The SMILES string of the molecule is COc1cccc(/C=N/OCCCCCCO/N=C/c2cccc(OC)c2O)c1O. The predicted molar refractivity (Wildman–Crippen MR) is 115 cm³/mol. The van der Waals surface area contributed by atoms with Gasteiger partial charge in [0.2, 0.25) is 0 Å². The van der Waals surface area contributed by atoms with Crippen molar-refractivity contribution in [1.29, 1.82) is 0 Å². The van der Waals surface area contributed by atoms with Gasteiger partial charge < -0.3 is 29.4 Å². The Hall–Kier alpha value is -3.42. The van der Waals surface area contributed by atoms with Gasteiger partial charge >= 0.3 is 0 Å². The van der Waals surface area contributed by atoms with E-state index in [0.29, 0.717) is 35.8 Å². The highest BCUT2D eigenvalue weighted by atomic mass is 16.6. The molecule has 30 heavy (non-hydrogen) atoms. The van der Waals surface area contributed by atoms with Crippen LogP contribution in [0.3, 0.4) is 0 Å². The summed E-state index contributed by atoms with van der Waals surface area (Å²) in [7, 11) is 2.99. The molecule has 2 aromatic carbocycles. The smallest absolute Gasteiger partial charge is 0.166 e. The van der Waals surface area contributed by atoms with Crippen LogP contribution in [0, 0.1) is 0 Å². The van der Waals surface area contributed by atoms with E-state index in [0.717, 1.165) is 25.7 Å². The van der Waals surface area contributed by atoms with E-state index in [2.05, 4.69) is 10.3 Å². The molecular weight excluding hydrogens is 388 g/mol. The largest absolute Gasteiger partial charge is 0.504 e. The first kappa shape index (κ1) is 22.9. The second-order valence-corrected chi connectivity index (χ2v) is 6.35. The van der Waals surface area contributed by atoms with Crippen molar-refractivity contribution in [3.8, 4) is 23.0 Å². The third kappa shape index (κ3) is 7.20. The Morgan fingerprint density at radius 1 is 0.700 bits per heavy atom. The van der Waals surface area contributed by atoms with Crippen LogP contribution in [0.4, 0.5) is 0 Å². The average Bonchev–Trinajstić information content (AvgIpc) is 2.76. The van der Waals surface area contributed by atoms with Gasteiger partial charge in [-0.1, -0.05) is 22.4 Å². The molecule has 8 heteroatoms. The number of phenols is 2. The number of para-hydroxylation sites is 2. The van der Waals surface area contributed by atoms with Gasteiger partial charge in [0.1, 0.15) is 13.2 Å². The van der Waals surface area contributed by atoms with Crippen molar-refractivity contribution in [1.82, 2.24) is 0 Å². The van der Waals surface area contributed by atoms with Gasteiger partial charge in [0.25, 0.3) is 0 Å². The van der Waals surface area contributed by atoms with Crippen LogP contribution in [0.2, 0.25) is 0 Å². The average molecular weight is 416 g/mol. The zero-order valence-electron chi connectivity index (χ0n) is 17.3. The summed E-state index contributed by atoms with van der Waals surface area (Å²) < 4.78 is 10.1. The van der Waals surface area contributed by atoms with Crippen LogP contribution < -0.4 is 9.47 Å². The molecular formula is C22H28N2O6. The molecule has 0 atom stereocenters. The lowest BCUT2D eigenvalue weighted by molar-refractivity contribution is 0.132. The lowest BCUT2D eigenvalue weighted by atomic mass is 10.2. The Morgan fingerprint density at radius 2 is 1.13 bits per heavy atom. The first-order valence-corrected chi connectivity index (χ1v) is 9.70. The molecule has 0 fully saturated rings. The lowest BCUT2D eigenvalue weighted by Gasteiger charge is -2.05. The summed E-state index contributed by atoms with van der Waals surface area (Å²) in [6, 6.07) is 10.3. The van der Waals surface area contributed by atoms with Gasteiger partial charge in [-0.15, -0.1) is 0 Å². The van der Waals surface area contributed by atoms with Crippen LogP contribution in [0.5, 0.6) is 23.0 Å². The second kappa shape index (κ2) is 12.9. The Balaban J connectivity index is 1.54. The molecule has 0 aliphatic heterocycles. The van der Waals surface area contributed by atoms with Crippen molar-refractivity contribution in [3.63, 3.8) is 0 Å². The van der Waals surface area contributed by atoms with Gasteiger partial charge in [-0.2, -0.15) is 0 Å². The first-order valence-electron chi connectivity index (χ1n) is 9.70. The zero-order valence-corrected chi connectivity index (χ0v) is 17.3. The molecule has 0 aromatic heterocycles. The maximum absolute atomic E-state index is 9.94. The summed E-state index contributed by atoms with van der Waals surface area (Å²) in [5.41, 5.74) is 1.07. The summed E-state index contributed by atoms with van der Waals surface area (Å²) >= 11 is 0. The number of benzene rings is 2. The molecule has 8 nitrogen and oxygen atoms in total. The molecule has 0 saturated heterocycles. The molecule has 0 saturated carbocycles. The fourth-order valence-electron chi connectivity index (χ4n) is 2.60. The molecule has 2 aromatic rings. The van der Waals surface area contributed by atoms with Crippen molar-refractivity contribution in [3.05, 3.63) is 47.5 Å². The summed E-state index contributed by atoms with van der Waals surface area (Å²) in [5.74, 6) is 0.866. The quantitative estimate of drug-likeness (QED) is 0.290. The maximum Gasteiger partial charge on any atom is 0.166 e. The summed E-state index contributed by atoms with van der Waals surface area (Å²) in [5, 5.41) is 27.6. The molecule has 0 aliphatic rings. The number of phenolic OH excluding ortho intramolecular Hbond substituents is 2. The highest BCUT2D eigenvalue weighted by Crippen LogP contribution is 2.28. The molecule has 0 unspecified atom stereocenters. The van der Waals surface area contributed by atoms with Crippen molar-refractivity contribution in [2.75, 3.05) is 27.4 Å². The normalized spacial score (nSPS) is 11.1. The first-order chi connectivity index (χ1) is 14.7. The van der Waals surface area contributed by atoms with Crippen molar-refractivity contribution < 1.29 is 29.4 Å². The standard InChI is InChI=1S/C22H28N2O6/c1-27-19-11-7-9-17(21(19)25)15-23-29-13-5-3-4-6-14-30-24-16-18-10-8-12-20(28-2)22(18)26/h7-12,15-16,25-26H,3-6,13-14H2,1-2H3/b23-15+,24-16+. The van der Waals surface area contributed by atoms with Gasteiger partial charge in [0, 0.05) is 11.1 Å². The van der Waals surface area contributed by atoms with E-state index in [-0.39, 0.29) is 11.5 Å². The second-order valence-electron chi connectivity index (χ2n) is 6.35. The number of methoxy groups -OCH3 is 2. The topological polar surface area (TPSA) is 102 Å². The Bertz CT molecular complexity index is 769. The Morgan fingerprint density at radius 3 is 1.53 bits per heavy atom. The van der Waals surface area contributed by atoms with Gasteiger partial charge in [-0.25, -0.2) is 0 Å². The van der Waals surface area contributed by atoms with Crippen molar-refractivity contribution in [2.45, 2.75) is 25.7 Å². The predicted octanol–water partition coefficient (Wildman–Crippen LogP) is 4.08. The van der Waals surface area contributed by atoms with Crippen LogP contribution in [0.25, 0.3) is 0 Å². The van der Waals surface area contributed by atoms with E-state index >= 15 is 0 Å². The summed E-state index contributed by atoms with van der Waals surface area (Å²) in [6.07, 6.45) is 6.60. The van der Waals surface area contributed by atoms with E-state index in [1.807, 2.05) is 0 Å². The Kier molecular flexibility index (Phi) is 9.85. The van der Waals surface area contributed by atoms with E-state index in [1.54, 1.807) is 36.4 Å². The number of unbranched alkanes of at least 4 members (excludes halogenated alkanes) is 3. The third-order valence-corrected chi connectivity index (χ3v) is 4.25. The number of rotatable bonds is 13. The summed E-state index contributed by atoms with van der Waals surface area (Å²) in [6.45, 7) is 0.991. The highest BCUT2D eigenvalue weighted by molar-refractivity contribution is 5.84. The molecule has 0 aliphatic carbocycles. The molecule has 2 rings (SSSR count). The molecule has 0 radical (unpaired) electrons. The maximum atomic E-state index is 9.94. The number of oxime groups is 2. The van der Waals surface area contributed by atoms with Crippen LogP contribution in [-0.2, 0) is 9.68 Å². The fraction of sp³-hybridized carbons (Fsp3) is 0.364. The molecule has 0 bridgehead atoms. The minimum atomic E-state index is 0.0385. The monoisotopic (exact) mass is 416 g/mol. The van der Waals surface area contributed by atoms with E-state index in [4.69, 9.17) is 19.1 Å². The molecule has 0 spiro atoms. The number of ether oxygens (including phenoxy) is 2. The molecule has 0 heterocycles. The van der Waals surface area contributed by atoms with E-state index in [1.165, 1.54) is 26.6 Å². The molecule has 0 amide bonds. The number of aromatic hydroxyl groups is 2. The Labute approximate surface area is 176 Å². The summed E-state index contributed by atoms with van der Waals surface area (Å²) in [4.78, 5) is 10.4. The third-order valence-electron chi connectivity index (χ3n) is 4.25. The zero-order chi connectivity index (χ0) is 21.6. The lowest BCUT2D eigenvalue weighted by Crippen LogP contribution is -1.93. The van der Waals surface area contributed by atoms with Crippen molar-refractivity contribution >= 4 is 12.4 Å². The van der Waals surface area contributed by atoms with Gasteiger partial charge in [0.05, 0.1) is 26.6 Å².